The number of carbonyl (C=O) groups excluding carboxylic acids is 1. The van der Waals surface area contributed by atoms with Crippen LogP contribution in [0.15, 0.2) is 24.3 Å². The first-order valence-corrected chi connectivity index (χ1v) is 8.67. The number of halogens is 1. The quantitative estimate of drug-likeness (QED) is 0.871. The van der Waals surface area contributed by atoms with Gasteiger partial charge < -0.3 is 20.3 Å². The number of para-hydroxylation sites is 2. The largest absolute Gasteiger partial charge is 0.495 e. The van der Waals surface area contributed by atoms with Crippen LogP contribution in [0, 0.1) is 5.92 Å². The number of rotatable bonds is 4. The lowest BCUT2D eigenvalue weighted by Crippen LogP contribution is -2.47. The highest BCUT2D eigenvalue weighted by molar-refractivity contribution is 5.85. The molecule has 0 aliphatic carbocycles. The van der Waals surface area contributed by atoms with Crippen molar-refractivity contribution in [2.45, 2.75) is 31.7 Å². The van der Waals surface area contributed by atoms with Crippen LogP contribution < -0.4 is 20.3 Å². The lowest BCUT2D eigenvalue weighted by Gasteiger charge is -2.35. The number of nitrogens with zero attached hydrogens (tertiary/aromatic N) is 1. The van der Waals surface area contributed by atoms with Crippen LogP contribution in [0.2, 0.25) is 0 Å². The van der Waals surface area contributed by atoms with Crippen molar-refractivity contribution in [2.24, 2.45) is 5.92 Å². The van der Waals surface area contributed by atoms with Crippen LogP contribution in [0.1, 0.15) is 25.7 Å². The Morgan fingerprint density at radius 3 is 2.50 bits per heavy atom. The molecule has 0 radical (unpaired) electrons. The fourth-order valence-corrected chi connectivity index (χ4v) is 3.56. The van der Waals surface area contributed by atoms with Crippen molar-refractivity contribution in [3.63, 3.8) is 0 Å². The molecule has 1 aromatic carbocycles. The van der Waals surface area contributed by atoms with Crippen molar-refractivity contribution >= 4 is 24.0 Å². The molecule has 0 unspecified atom stereocenters. The number of benzene rings is 1. The second-order valence-electron chi connectivity index (χ2n) is 6.47. The molecule has 0 spiro atoms. The fourth-order valence-electron chi connectivity index (χ4n) is 3.56. The minimum atomic E-state index is 0. The van der Waals surface area contributed by atoms with Crippen molar-refractivity contribution in [3.8, 4) is 5.75 Å². The maximum Gasteiger partial charge on any atom is 0.223 e. The number of hydrogen-bond donors (Lipinski definition) is 2. The van der Waals surface area contributed by atoms with E-state index in [1.54, 1.807) is 7.11 Å². The maximum absolute atomic E-state index is 12.3. The van der Waals surface area contributed by atoms with Crippen molar-refractivity contribution in [1.29, 1.82) is 0 Å². The van der Waals surface area contributed by atoms with Crippen LogP contribution in [0.3, 0.4) is 0 Å². The van der Waals surface area contributed by atoms with Gasteiger partial charge in [-0.2, -0.15) is 0 Å². The van der Waals surface area contributed by atoms with Crippen LogP contribution in [0.25, 0.3) is 0 Å². The summed E-state index contributed by atoms with van der Waals surface area (Å²) in [7, 11) is 1.71. The summed E-state index contributed by atoms with van der Waals surface area (Å²) in [5, 5.41) is 6.57. The molecule has 0 atom stereocenters. The number of nitrogens with one attached hydrogen (secondary N) is 2. The van der Waals surface area contributed by atoms with Crippen LogP contribution in [-0.4, -0.2) is 45.2 Å². The Morgan fingerprint density at radius 1 is 1.17 bits per heavy atom. The molecule has 1 amide bonds. The summed E-state index contributed by atoms with van der Waals surface area (Å²) in [6, 6.07) is 8.45. The van der Waals surface area contributed by atoms with Crippen LogP contribution >= 0.6 is 12.4 Å². The molecule has 1 aromatic rings. The zero-order valence-electron chi connectivity index (χ0n) is 14.3. The Morgan fingerprint density at radius 2 is 1.83 bits per heavy atom. The zero-order chi connectivity index (χ0) is 16.1. The van der Waals surface area contributed by atoms with Crippen LogP contribution in [0.4, 0.5) is 5.69 Å². The van der Waals surface area contributed by atoms with Gasteiger partial charge >= 0.3 is 0 Å². The minimum absolute atomic E-state index is 0. The van der Waals surface area contributed by atoms with E-state index in [4.69, 9.17) is 4.74 Å². The van der Waals surface area contributed by atoms with Gasteiger partial charge in [0.1, 0.15) is 5.75 Å². The lowest BCUT2D eigenvalue weighted by molar-refractivity contribution is -0.126. The van der Waals surface area contributed by atoms with E-state index < -0.39 is 0 Å². The van der Waals surface area contributed by atoms with Gasteiger partial charge in [-0.05, 0) is 50.9 Å². The molecule has 2 fully saturated rings. The highest BCUT2D eigenvalue weighted by Gasteiger charge is 2.26. The molecule has 0 bridgehead atoms. The summed E-state index contributed by atoms with van der Waals surface area (Å²) in [4.78, 5) is 14.7. The monoisotopic (exact) mass is 353 g/mol. The molecule has 6 heteroatoms. The summed E-state index contributed by atoms with van der Waals surface area (Å²) in [6.45, 7) is 3.84. The molecule has 0 saturated carbocycles. The third-order valence-corrected chi connectivity index (χ3v) is 4.98. The van der Waals surface area contributed by atoms with Crippen LogP contribution in [0.5, 0.6) is 5.75 Å². The van der Waals surface area contributed by atoms with Crippen molar-refractivity contribution in [3.05, 3.63) is 24.3 Å². The summed E-state index contributed by atoms with van der Waals surface area (Å²) in [5.74, 6) is 1.37. The summed E-state index contributed by atoms with van der Waals surface area (Å²) in [5.41, 5.74) is 1.15. The number of hydrogen-bond acceptors (Lipinski definition) is 4. The number of ether oxygens (including phenoxy) is 1. The second-order valence-corrected chi connectivity index (χ2v) is 6.47. The smallest absolute Gasteiger partial charge is 0.223 e. The van der Waals surface area contributed by atoms with E-state index in [1.165, 1.54) is 0 Å². The molecule has 0 aromatic heterocycles. The van der Waals surface area contributed by atoms with Gasteiger partial charge in [0.25, 0.3) is 0 Å². The van der Waals surface area contributed by atoms with E-state index in [0.717, 1.165) is 63.3 Å². The predicted octanol–water partition coefficient (Wildman–Crippen LogP) is 2.20. The molecule has 24 heavy (non-hydrogen) atoms. The number of carbonyl (C=O) groups is 1. The fraction of sp³-hybridized carbons (Fsp3) is 0.611. The first kappa shape index (κ1) is 18.9. The molecule has 134 valence electrons. The Labute approximate surface area is 150 Å². The molecule has 2 N–H and O–H groups in total. The van der Waals surface area contributed by atoms with Gasteiger partial charge in [-0.25, -0.2) is 0 Å². The van der Waals surface area contributed by atoms with Gasteiger partial charge in [-0.3, -0.25) is 4.79 Å². The van der Waals surface area contributed by atoms with Gasteiger partial charge in [0.2, 0.25) is 5.91 Å². The summed E-state index contributed by atoms with van der Waals surface area (Å²) in [6.07, 6.45) is 3.92. The average Bonchev–Trinajstić information content (AvgIpc) is 2.63. The van der Waals surface area contributed by atoms with E-state index in [2.05, 4.69) is 21.6 Å². The topological polar surface area (TPSA) is 53.6 Å². The highest BCUT2D eigenvalue weighted by atomic mass is 35.5. The lowest BCUT2D eigenvalue weighted by atomic mass is 9.96. The van der Waals surface area contributed by atoms with Crippen molar-refractivity contribution in [1.82, 2.24) is 10.6 Å². The Hall–Kier alpha value is -1.46. The Kier molecular flexibility index (Phi) is 7.18. The van der Waals surface area contributed by atoms with E-state index in [9.17, 15) is 4.79 Å². The molecule has 2 aliphatic rings. The number of piperidine rings is 2. The average molecular weight is 354 g/mol. The van der Waals surface area contributed by atoms with Crippen LogP contribution in [-0.2, 0) is 4.79 Å². The van der Waals surface area contributed by atoms with E-state index >= 15 is 0 Å². The molecule has 5 nitrogen and oxygen atoms in total. The van der Waals surface area contributed by atoms with E-state index in [0.29, 0.717) is 6.04 Å². The van der Waals surface area contributed by atoms with Gasteiger partial charge in [0, 0.05) is 25.0 Å². The molecule has 2 heterocycles. The SMILES string of the molecule is COc1ccccc1N1CCC(NC(=O)C2CCNCC2)CC1.Cl. The Balaban J connectivity index is 0.00000208. The predicted molar refractivity (Wildman–Crippen MR) is 99.2 cm³/mol. The molecule has 2 aliphatic heterocycles. The minimum Gasteiger partial charge on any atom is -0.495 e. The number of anilines is 1. The number of amides is 1. The van der Waals surface area contributed by atoms with E-state index in [-0.39, 0.29) is 24.2 Å². The third-order valence-electron chi connectivity index (χ3n) is 4.98. The summed E-state index contributed by atoms with van der Waals surface area (Å²) < 4.78 is 5.45. The molecular formula is C18H28ClN3O2. The second kappa shape index (κ2) is 9.14. The zero-order valence-corrected chi connectivity index (χ0v) is 15.1. The van der Waals surface area contributed by atoms with Crippen molar-refractivity contribution in [2.75, 3.05) is 38.2 Å². The van der Waals surface area contributed by atoms with Crippen molar-refractivity contribution < 1.29 is 9.53 Å². The third kappa shape index (κ3) is 4.54. The van der Waals surface area contributed by atoms with Gasteiger partial charge in [0.15, 0.2) is 0 Å². The summed E-state index contributed by atoms with van der Waals surface area (Å²) >= 11 is 0. The Bertz CT molecular complexity index is 527. The van der Waals surface area contributed by atoms with Gasteiger partial charge in [-0.15, -0.1) is 12.4 Å². The van der Waals surface area contributed by atoms with Gasteiger partial charge in [-0.1, -0.05) is 12.1 Å². The number of methoxy groups -OCH3 is 1. The maximum atomic E-state index is 12.3. The standard InChI is InChI=1S/C18H27N3O2.ClH/c1-23-17-5-3-2-4-16(17)21-12-8-15(9-13-21)20-18(22)14-6-10-19-11-7-14;/h2-5,14-15,19H,6-13H2,1H3,(H,20,22);1H. The van der Waals surface area contributed by atoms with E-state index in [1.807, 2.05) is 18.2 Å². The molecule has 2 saturated heterocycles. The normalized spacial score (nSPS) is 19.5. The first-order valence-electron chi connectivity index (χ1n) is 8.67. The molecule has 3 rings (SSSR count). The molecular weight excluding hydrogens is 326 g/mol. The highest BCUT2D eigenvalue weighted by Crippen LogP contribution is 2.30. The van der Waals surface area contributed by atoms with Gasteiger partial charge in [0.05, 0.1) is 12.8 Å². The first-order chi connectivity index (χ1) is 11.3.